The fourth-order valence-corrected chi connectivity index (χ4v) is 3.71. The van der Waals surface area contributed by atoms with Crippen molar-refractivity contribution in [1.29, 1.82) is 0 Å². The van der Waals surface area contributed by atoms with E-state index in [1.165, 1.54) is 57.1 Å². The van der Waals surface area contributed by atoms with Crippen molar-refractivity contribution in [3.63, 3.8) is 0 Å². The summed E-state index contributed by atoms with van der Waals surface area (Å²) < 4.78 is 0. The molecule has 2 aliphatic carbocycles. The van der Waals surface area contributed by atoms with E-state index in [-0.39, 0.29) is 0 Å². The molecule has 1 saturated carbocycles. The monoisotopic (exact) mass is 243 g/mol. The van der Waals surface area contributed by atoms with Gasteiger partial charge in [0, 0.05) is 11.7 Å². The summed E-state index contributed by atoms with van der Waals surface area (Å²) in [4.78, 5) is 0. The number of nitrogens with one attached hydrogen (secondary N) is 1. The quantitative estimate of drug-likeness (QED) is 0.821. The van der Waals surface area contributed by atoms with Gasteiger partial charge in [-0.1, -0.05) is 25.5 Å². The second kappa shape index (κ2) is 5.34. The topological polar surface area (TPSA) is 12.0 Å². The van der Waals surface area contributed by atoms with Crippen molar-refractivity contribution < 1.29 is 0 Å². The van der Waals surface area contributed by atoms with Crippen LogP contribution in [0.1, 0.15) is 56.6 Å². The van der Waals surface area contributed by atoms with Crippen molar-refractivity contribution in [2.75, 3.05) is 5.32 Å². The Bertz CT molecular complexity index is 410. The Balaban J connectivity index is 1.73. The summed E-state index contributed by atoms with van der Waals surface area (Å²) in [6.45, 7) is 2.33. The molecule has 98 valence electrons. The molecule has 0 heterocycles. The Morgan fingerprint density at radius 1 is 1.17 bits per heavy atom. The molecule has 1 N–H and O–H groups in total. The van der Waals surface area contributed by atoms with Crippen LogP contribution >= 0.6 is 0 Å². The molecule has 18 heavy (non-hydrogen) atoms. The maximum Gasteiger partial charge on any atom is 0.0377 e. The summed E-state index contributed by atoms with van der Waals surface area (Å²) in [6.07, 6.45) is 10.8. The highest BCUT2D eigenvalue weighted by Crippen LogP contribution is 2.33. The molecule has 0 bridgehead atoms. The molecule has 3 rings (SSSR count). The summed E-state index contributed by atoms with van der Waals surface area (Å²) in [5.74, 6) is 0.960. The predicted molar refractivity (Wildman–Crippen MR) is 78.1 cm³/mol. The fourth-order valence-electron chi connectivity index (χ4n) is 3.71. The van der Waals surface area contributed by atoms with Gasteiger partial charge in [-0.25, -0.2) is 0 Å². The number of benzene rings is 1. The van der Waals surface area contributed by atoms with Gasteiger partial charge >= 0.3 is 0 Å². The average molecular weight is 243 g/mol. The van der Waals surface area contributed by atoms with Crippen LogP contribution in [0.25, 0.3) is 0 Å². The normalized spacial score (nSPS) is 26.9. The number of anilines is 1. The first kappa shape index (κ1) is 12.1. The zero-order chi connectivity index (χ0) is 12.4. The second-order valence-electron chi connectivity index (χ2n) is 6.08. The lowest BCUT2D eigenvalue weighted by atomic mass is 9.90. The third-order valence-electron chi connectivity index (χ3n) is 4.87. The van der Waals surface area contributed by atoms with E-state index in [0.717, 1.165) is 12.0 Å². The Morgan fingerprint density at radius 3 is 2.89 bits per heavy atom. The van der Waals surface area contributed by atoms with E-state index in [9.17, 15) is 0 Å². The van der Waals surface area contributed by atoms with Crippen LogP contribution in [0.15, 0.2) is 18.2 Å². The van der Waals surface area contributed by atoms with E-state index in [4.69, 9.17) is 0 Å². The molecule has 1 aromatic rings. The van der Waals surface area contributed by atoms with Crippen LogP contribution < -0.4 is 5.32 Å². The zero-order valence-corrected chi connectivity index (χ0v) is 11.5. The average Bonchev–Trinajstić information content (AvgIpc) is 2.87. The lowest BCUT2D eigenvalue weighted by molar-refractivity contribution is 0.525. The number of hydrogen-bond donors (Lipinski definition) is 1. The summed E-state index contributed by atoms with van der Waals surface area (Å²) in [6, 6.07) is 7.58. The van der Waals surface area contributed by atoms with Crippen molar-refractivity contribution in [3.8, 4) is 0 Å². The van der Waals surface area contributed by atoms with Crippen molar-refractivity contribution >= 4 is 5.69 Å². The lowest BCUT2D eigenvalue weighted by Gasteiger charge is -2.23. The van der Waals surface area contributed by atoms with E-state index < -0.39 is 0 Å². The highest BCUT2D eigenvalue weighted by atomic mass is 14.9. The van der Waals surface area contributed by atoms with Gasteiger partial charge in [-0.3, -0.25) is 0 Å². The first-order valence-electron chi connectivity index (χ1n) is 7.74. The van der Waals surface area contributed by atoms with Gasteiger partial charge in [0.1, 0.15) is 0 Å². The molecule has 2 aliphatic rings. The minimum absolute atomic E-state index is 0.725. The van der Waals surface area contributed by atoms with Crippen molar-refractivity contribution in [3.05, 3.63) is 29.3 Å². The summed E-state index contributed by atoms with van der Waals surface area (Å²) in [7, 11) is 0. The third kappa shape index (κ3) is 2.41. The molecule has 2 atom stereocenters. The molecule has 1 fully saturated rings. The van der Waals surface area contributed by atoms with Crippen LogP contribution in [-0.2, 0) is 12.8 Å². The van der Waals surface area contributed by atoms with Crippen molar-refractivity contribution in [2.24, 2.45) is 5.92 Å². The van der Waals surface area contributed by atoms with Crippen LogP contribution in [0.3, 0.4) is 0 Å². The van der Waals surface area contributed by atoms with Gasteiger partial charge in [0.05, 0.1) is 0 Å². The molecule has 2 unspecified atom stereocenters. The molecule has 1 nitrogen and oxygen atoms in total. The van der Waals surface area contributed by atoms with E-state index in [1.54, 1.807) is 11.1 Å². The molecule has 0 radical (unpaired) electrons. The van der Waals surface area contributed by atoms with Crippen molar-refractivity contribution in [1.82, 2.24) is 0 Å². The molecule has 1 aromatic carbocycles. The Labute approximate surface area is 111 Å². The molecule has 0 aliphatic heterocycles. The highest BCUT2D eigenvalue weighted by molar-refractivity contribution is 5.56. The molecular weight excluding hydrogens is 218 g/mol. The molecule has 0 saturated heterocycles. The van der Waals surface area contributed by atoms with E-state index in [0.29, 0.717) is 0 Å². The van der Waals surface area contributed by atoms with Crippen LogP contribution in [0.2, 0.25) is 0 Å². The van der Waals surface area contributed by atoms with Crippen LogP contribution in [0.4, 0.5) is 5.69 Å². The maximum atomic E-state index is 3.83. The first-order chi connectivity index (χ1) is 8.86. The van der Waals surface area contributed by atoms with Gasteiger partial charge in [-0.2, -0.15) is 0 Å². The Kier molecular flexibility index (Phi) is 3.58. The number of hydrogen-bond acceptors (Lipinski definition) is 1. The molecule has 0 amide bonds. The predicted octanol–water partition coefficient (Wildman–Crippen LogP) is 4.56. The van der Waals surface area contributed by atoms with Crippen LogP contribution in [0, 0.1) is 5.92 Å². The number of aryl methyl sites for hydroxylation is 1. The van der Waals surface area contributed by atoms with Gasteiger partial charge in [-0.15, -0.1) is 0 Å². The summed E-state index contributed by atoms with van der Waals surface area (Å²) >= 11 is 0. The highest BCUT2D eigenvalue weighted by Gasteiger charge is 2.24. The van der Waals surface area contributed by atoms with Gasteiger partial charge in [0.25, 0.3) is 0 Å². The van der Waals surface area contributed by atoms with Gasteiger partial charge in [-0.05, 0) is 68.1 Å². The van der Waals surface area contributed by atoms with Gasteiger partial charge in [0.2, 0.25) is 0 Å². The smallest absolute Gasteiger partial charge is 0.0377 e. The van der Waals surface area contributed by atoms with Gasteiger partial charge < -0.3 is 5.32 Å². The summed E-state index contributed by atoms with van der Waals surface area (Å²) in [5, 5.41) is 3.83. The lowest BCUT2D eigenvalue weighted by Crippen LogP contribution is -2.18. The number of rotatable bonds is 3. The third-order valence-corrected chi connectivity index (χ3v) is 4.87. The SMILES string of the molecule is CCC1CCC(Nc2cccc3c2CCCC3)C1. The van der Waals surface area contributed by atoms with Crippen molar-refractivity contribution in [2.45, 2.75) is 64.3 Å². The minimum Gasteiger partial charge on any atom is -0.382 e. The van der Waals surface area contributed by atoms with Gasteiger partial charge in [0.15, 0.2) is 0 Å². The van der Waals surface area contributed by atoms with Crippen LogP contribution in [0.5, 0.6) is 0 Å². The fraction of sp³-hybridized carbons (Fsp3) is 0.647. The largest absolute Gasteiger partial charge is 0.382 e. The standard InChI is InChI=1S/C17H25N/c1-2-13-10-11-15(12-13)18-17-9-5-7-14-6-3-4-8-16(14)17/h5,7,9,13,15,18H,2-4,6,8,10-12H2,1H3. The minimum atomic E-state index is 0.725. The van der Waals surface area contributed by atoms with Crippen LogP contribution in [-0.4, -0.2) is 6.04 Å². The zero-order valence-electron chi connectivity index (χ0n) is 11.5. The van der Waals surface area contributed by atoms with E-state index in [2.05, 4.69) is 30.4 Å². The Hall–Kier alpha value is -0.980. The Morgan fingerprint density at radius 2 is 2.06 bits per heavy atom. The molecule has 0 spiro atoms. The van der Waals surface area contributed by atoms with E-state index in [1.807, 2.05) is 0 Å². The molecular formula is C17H25N. The molecule has 0 aromatic heterocycles. The second-order valence-corrected chi connectivity index (χ2v) is 6.08. The first-order valence-corrected chi connectivity index (χ1v) is 7.74. The summed E-state index contributed by atoms with van der Waals surface area (Å²) in [5.41, 5.74) is 4.65. The number of fused-ring (bicyclic) bond motifs is 1. The maximum absolute atomic E-state index is 3.83. The molecule has 1 heteroatoms. The van der Waals surface area contributed by atoms with E-state index >= 15 is 0 Å².